The highest BCUT2D eigenvalue weighted by atomic mass is 35.5. The average molecular weight is 441 g/mol. The molecule has 2 heteroatoms. The minimum Gasteiger partial charge on any atom is -0.147 e. The third-order valence-electron chi connectivity index (χ3n) is 6.56. The molecule has 0 N–H and O–H groups in total. The van der Waals surface area contributed by atoms with Crippen molar-refractivity contribution in [2.45, 2.75) is 135 Å². The smallest absolute Gasteiger partial charge is 0.00409 e. The third kappa shape index (κ3) is 13.8. The summed E-state index contributed by atoms with van der Waals surface area (Å²) < 4.78 is 0. The molecular weight excluding hydrogens is 391 g/mol. The molecule has 1 rings (SSSR count). The molecular formula is C27H50ClP. The first-order valence-corrected chi connectivity index (χ1v) is 13.1. The van der Waals surface area contributed by atoms with E-state index in [1.54, 1.807) is 0 Å². The second-order valence-electron chi connectivity index (χ2n) is 9.43. The van der Waals surface area contributed by atoms with Gasteiger partial charge in [0.15, 0.2) is 0 Å². The van der Waals surface area contributed by atoms with Crippen LogP contribution in [0, 0.1) is 0 Å². The Morgan fingerprint density at radius 1 is 0.655 bits per heavy atom. The Morgan fingerprint density at radius 2 is 1.03 bits per heavy atom. The molecule has 0 saturated carbocycles. The van der Waals surface area contributed by atoms with Crippen molar-refractivity contribution in [1.82, 2.24) is 0 Å². The van der Waals surface area contributed by atoms with Crippen molar-refractivity contribution in [1.29, 1.82) is 0 Å². The van der Waals surface area contributed by atoms with Gasteiger partial charge >= 0.3 is 0 Å². The van der Waals surface area contributed by atoms with Gasteiger partial charge in [-0.2, -0.15) is 0 Å². The average Bonchev–Trinajstić information content (AvgIpc) is 2.71. The van der Waals surface area contributed by atoms with Crippen LogP contribution in [0.25, 0.3) is 0 Å². The van der Waals surface area contributed by atoms with Crippen molar-refractivity contribution in [3.8, 4) is 0 Å². The number of halogens is 1. The van der Waals surface area contributed by atoms with Crippen molar-refractivity contribution in [3.63, 3.8) is 0 Å². The molecule has 29 heavy (non-hydrogen) atoms. The van der Waals surface area contributed by atoms with Crippen LogP contribution >= 0.6 is 21.6 Å². The van der Waals surface area contributed by atoms with Gasteiger partial charge in [-0.1, -0.05) is 147 Å². The maximum absolute atomic E-state index is 3.12. The van der Waals surface area contributed by atoms with E-state index in [1.165, 1.54) is 108 Å². The predicted molar refractivity (Wildman–Crippen MR) is 140 cm³/mol. The topological polar surface area (TPSA) is 0 Å². The Bertz CT molecular complexity index is 457. The van der Waals surface area contributed by atoms with Crippen molar-refractivity contribution in [2.75, 3.05) is 0 Å². The van der Waals surface area contributed by atoms with Gasteiger partial charge in [-0.3, -0.25) is 0 Å². The van der Waals surface area contributed by atoms with E-state index in [0.717, 1.165) is 0 Å². The van der Waals surface area contributed by atoms with Crippen LogP contribution in [0.1, 0.15) is 129 Å². The van der Waals surface area contributed by atoms with E-state index in [9.17, 15) is 0 Å². The number of benzene rings is 1. The molecule has 0 amide bonds. The van der Waals surface area contributed by atoms with E-state index in [2.05, 4.69) is 60.3 Å². The number of hydrogen-bond donors (Lipinski definition) is 0. The van der Waals surface area contributed by atoms with Crippen molar-refractivity contribution < 1.29 is 0 Å². The van der Waals surface area contributed by atoms with Gasteiger partial charge in [0.05, 0.1) is 0 Å². The summed E-state index contributed by atoms with van der Waals surface area (Å²) in [6.45, 7) is 7.09. The van der Waals surface area contributed by atoms with Gasteiger partial charge in [-0.15, -0.1) is 21.6 Å². The van der Waals surface area contributed by atoms with Crippen LogP contribution in [-0.2, 0) is 5.41 Å². The molecule has 0 bridgehead atoms. The lowest BCUT2D eigenvalue weighted by Crippen LogP contribution is -2.29. The lowest BCUT2D eigenvalue weighted by Gasteiger charge is -2.32. The quantitative estimate of drug-likeness (QED) is 0.157. The molecule has 170 valence electrons. The maximum Gasteiger partial charge on any atom is -0.00409 e. The molecule has 0 aromatic heterocycles. The summed E-state index contributed by atoms with van der Waals surface area (Å²) in [5.41, 5.74) is 2.38. The van der Waals surface area contributed by atoms with Gasteiger partial charge in [0.1, 0.15) is 0 Å². The summed E-state index contributed by atoms with van der Waals surface area (Å²) >= 11 is 0. The van der Waals surface area contributed by atoms with Crippen LogP contribution in [0.3, 0.4) is 0 Å². The summed E-state index contributed by atoms with van der Waals surface area (Å²) in [5, 5.41) is 0. The lowest BCUT2D eigenvalue weighted by molar-refractivity contribution is 0.454. The van der Waals surface area contributed by atoms with E-state index < -0.39 is 0 Å². The summed E-state index contributed by atoms with van der Waals surface area (Å²) in [4.78, 5) is 0. The summed E-state index contributed by atoms with van der Waals surface area (Å²) in [5.74, 6) is 0. The highest BCUT2D eigenvalue weighted by Gasteiger charge is 2.27. The van der Waals surface area contributed by atoms with Crippen LogP contribution < -0.4 is 0 Å². The fraction of sp³-hybridized carbons (Fsp3) is 0.778. The fourth-order valence-corrected chi connectivity index (χ4v) is 4.61. The van der Waals surface area contributed by atoms with E-state index in [-0.39, 0.29) is 17.8 Å². The normalized spacial score (nSPS) is 12.6. The minimum atomic E-state index is 0. The Balaban J connectivity index is 0.00000784. The van der Waals surface area contributed by atoms with Crippen molar-refractivity contribution in [3.05, 3.63) is 35.9 Å². The molecule has 0 aliphatic rings. The zero-order valence-corrected chi connectivity index (χ0v) is 21.7. The molecule has 0 aliphatic carbocycles. The predicted octanol–water partition coefficient (Wildman–Crippen LogP) is 9.89. The molecule has 0 fully saturated rings. The minimum absolute atomic E-state index is 0. The van der Waals surface area contributed by atoms with Crippen LogP contribution in [-0.4, -0.2) is 5.66 Å². The molecule has 0 nitrogen and oxygen atoms in total. The summed E-state index contributed by atoms with van der Waals surface area (Å²) in [6.07, 6.45) is 23.0. The molecule has 2 unspecified atom stereocenters. The molecule has 0 heterocycles. The first-order valence-electron chi connectivity index (χ1n) is 12.4. The SMILES string of the molecule is CCCCCCCCCCCCCCCCCC(P)C(C)(C)c1ccccc1.Cl. The van der Waals surface area contributed by atoms with Gasteiger partial charge < -0.3 is 0 Å². The Morgan fingerprint density at radius 3 is 1.45 bits per heavy atom. The van der Waals surface area contributed by atoms with E-state index in [4.69, 9.17) is 0 Å². The molecule has 0 spiro atoms. The first-order chi connectivity index (χ1) is 13.6. The Hall–Kier alpha value is -0.0600. The molecule has 0 aliphatic heterocycles. The van der Waals surface area contributed by atoms with Gasteiger partial charge in [0, 0.05) is 0 Å². The van der Waals surface area contributed by atoms with E-state index >= 15 is 0 Å². The van der Waals surface area contributed by atoms with Gasteiger partial charge in [0.2, 0.25) is 0 Å². The fourth-order valence-electron chi connectivity index (χ4n) is 4.18. The third-order valence-corrected chi connectivity index (χ3v) is 7.73. The highest BCUT2D eigenvalue weighted by Crippen LogP contribution is 2.34. The zero-order valence-electron chi connectivity index (χ0n) is 19.8. The van der Waals surface area contributed by atoms with E-state index in [0.29, 0.717) is 5.66 Å². The first kappa shape index (κ1) is 28.9. The van der Waals surface area contributed by atoms with Crippen LogP contribution in [0.2, 0.25) is 0 Å². The molecule has 2 atom stereocenters. The Labute approximate surface area is 192 Å². The van der Waals surface area contributed by atoms with Crippen molar-refractivity contribution in [2.24, 2.45) is 0 Å². The second kappa shape index (κ2) is 18.7. The Kier molecular flexibility index (Phi) is 18.6. The summed E-state index contributed by atoms with van der Waals surface area (Å²) in [7, 11) is 3.12. The van der Waals surface area contributed by atoms with Gasteiger partial charge in [-0.05, 0) is 23.1 Å². The standard InChI is InChI=1S/C27H49P.ClH/c1-4-5-6-7-8-9-10-11-12-13-14-15-16-17-21-24-26(28)27(2,3)25-22-19-18-20-23-25;/h18-20,22-23,26H,4-17,21,24,28H2,1-3H3;1H. The largest absolute Gasteiger partial charge is 0.147 e. The number of unbranched alkanes of at least 4 members (excludes halogenated alkanes) is 14. The van der Waals surface area contributed by atoms with Gasteiger partial charge in [0.25, 0.3) is 0 Å². The molecule has 1 aromatic rings. The van der Waals surface area contributed by atoms with Crippen LogP contribution in [0.5, 0.6) is 0 Å². The monoisotopic (exact) mass is 440 g/mol. The molecule has 0 saturated heterocycles. The lowest BCUT2D eigenvalue weighted by atomic mass is 9.79. The van der Waals surface area contributed by atoms with Crippen molar-refractivity contribution >= 4 is 21.6 Å². The molecule has 1 aromatic carbocycles. The highest BCUT2D eigenvalue weighted by molar-refractivity contribution is 7.17. The van der Waals surface area contributed by atoms with E-state index in [1.807, 2.05) is 0 Å². The molecule has 0 radical (unpaired) electrons. The maximum atomic E-state index is 3.12. The number of rotatable bonds is 18. The second-order valence-corrected chi connectivity index (χ2v) is 10.2. The van der Waals surface area contributed by atoms with Gasteiger partial charge in [-0.25, -0.2) is 0 Å². The summed E-state index contributed by atoms with van der Waals surface area (Å²) in [6, 6.07) is 11.0. The van der Waals surface area contributed by atoms with Crippen LogP contribution in [0.15, 0.2) is 30.3 Å². The number of hydrogen-bond acceptors (Lipinski definition) is 0. The zero-order chi connectivity index (χ0) is 20.5. The van der Waals surface area contributed by atoms with Crippen LogP contribution in [0.4, 0.5) is 0 Å².